The van der Waals surface area contributed by atoms with Crippen LogP contribution in [0.4, 0.5) is 0 Å². The molecule has 1 amide bonds. The lowest BCUT2D eigenvalue weighted by atomic mass is 10.2. The Morgan fingerprint density at radius 3 is 3.13 bits per heavy atom. The van der Waals surface area contributed by atoms with E-state index in [2.05, 4.69) is 22.5 Å². The van der Waals surface area contributed by atoms with Crippen molar-refractivity contribution < 1.29 is 4.79 Å². The van der Waals surface area contributed by atoms with E-state index in [1.807, 2.05) is 11.4 Å². The smallest absolute Gasteiger partial charge is 0.250 e. The number of hydrogen-bond acceptors (Lipinski definition) is 4. The van der Waals surface area contributed by atoms with Gasteiger partial charge in [0.15, 0.2) is 6.04 Å². The minimum Gasteiger partial charge on any atom is -0.341 e. The molecule has 0 aromatic carbocycles. The summed E-state index contributed by atoms with van der Waals surface area (Å²) >= 11 is 1.58. The van der Waals surface area contributed by atoms with E-state index in [1.54, 1.807) is 11.3 Å². The second kappa shape index (κ2) is 4.45. The van der Waals surface area contributed by atoms with Crippen LogP contribution in [0.25, 0.3) is 0 Å². The molecule has 2 heterocycles. The Kier molecular flexibility index (Phi) is 3.02. The lowest BCUT2D eigenvalue weighted by molar-refractivity contribution is -0.119. The molecule has 1 saturated heterocycles. The predicted octanol–water partition coefficient (Wildman–Crippen LogP) is -0.396. The molecule has 0 spiro atoms. The zero-order valence-corrected chi connectivity index (χ0v) is 8.86. The highest BCUT2D eigenvalue weighted by Gasteiger charge is 2.20. The van der Waals surface area contributed by atoms with Gasteiger partial charge in [-0.3, -0.25) is 10.1 Å². The topological polar surface area (TPSA) is 67.2 Å². The van der Waals surface area contributed by atoms with Gasteiger partial charge in [0.1, 0.15) is 0 Å². The fraction of sp³-hybridized carbons (Fsp3) is 0.300. The first-order valence-electron chi connectivity index (χ1n) is 4.59. The minimum absolute atomic E-state index is 0.0585. The molecule has 0 aliphatic carbocycles. The minimum atomic E-state index is -0.383. The van der Waals surface area contributed by atoms with E-state index in [9.17, 15) is 4.79 Å². The molecular weight excluding hydrogens is 210 g/mol. The summed E-state index contributed by atoms with van der Waals surface area (Å²) in [6, 6.07) is 1.57. The number of thiophene rings is 1. The third-order valence-corrected chi connectivity index (χ3v) is 3.01. The van der Waals surface area contributed by atoms with Crippen molar-refractivity contribution >= 4 is 17.2 Å². The fourth-order valence-electron chi connectivity index (χ4n) is 1.26. The molecular formula is C10H11N3OS. The zero-order chi connectivity index (χ0) is 10.7. The number of nitrogens with two attached hydrogens (primary N) is 1. The summed E-state index contributed by atoms with van der Waals surface area (Å²) in [6.45, 7) is 1.03. The first-order valence-corrected chi connectivity index (χ1v) is 5.47. The highest BCUT2D eigenvalue weighted by atomic mass is 32.1. The van der Waals surface area contributed by atoms with Crippen molar-refractivity contribution in [2.24, 2.45) is 5.73 Å². The molecule has 4 N–H and O–H groups in total. The van der Waals surface area contributed by atoms with Gasteiger partial charge in [0.05, 0.1) is 6.67 Å². The van der Waals surface area contributed by atoms with Crippen LogP contribution in [0.15, 0.2) is 11.4 Å². The van der Waals surface area contributed by atoms with Crippen LogP contribution in [-0.4, -0.2) is 18.6 Å². The normalized spacial score (nSPS) is 19.5. The Morgan fingerprint density at radius 2 is 2.53 bits per heavy atom. The Morgan fingerprint density at radius 1 is 1.67 bits per heavy atom. The van der Waals surface area contributed by atoms with Gasteiger partial charge < -0.3 is 11.1 Å². The summed E-state index contributed by atoms with van der Waals surface area (Å²) in [6.07, 6.45) is 0. The third-order valence-electron chi connectivity index (χ3n) is 2.05. The van der Waals surface area contributed by atoms with Crippen LogP contribution in [0.5, 0.6) is 0 Å². The Hall–Kier alpha value is -1.35. The molecule has 1 fully saturated rings. The molecule has 1 atom stereocenters. The molecule has 1 unspecified atom stereocenters. The van der Waals surface area contributed by atoms with Crippen molar-refractivity contribution in [3.8, 4) is 11.8 Å². The SMILES string of the molecule is NCc1cc(C#CC2NCNC2=O)cs1. The summed E-state index contributed by atoms with van der Waals surface area (Å²) in [5.74, 6) is 5.77. The van der Waals surface area contributed by atoms with E-state index in [1.165, 1.54) is 0 Å². The quantitative estimate of drug-likeness (QED) is 0.565. The van der Waals surface area contributed by atoms with Crippen LogP contribution in [0.3, 0.4) is 0 Å². The largest absolute Gasteiger partial charge is 0.341 e. The Bertz CT molecular complexity index is 429. The van der Waals surface area contributed by atoms with Gasteiger partial charge in [-0.15, -0.1) is 11.3 Å². The van der Waals surface area contributed by atoms with Gasteiger partial charge >= 0.3 is 0 Å². The number of hydrogen-bond donors (Lipinski definition) is 3. The van der Waals surface area contributed by atoms with E-state index >= 15 is 0 Å². The van der Waals surface area contributed by atoms with Crippen molar-refractivity contribution in [1.29, 1.82) is 0 Å². The van der Waals surface area contributed by atoms with E-state index in [-0.39, 0.29) is 11.9 Å². The number of carbonyl (C=O) groups excluding carboxylic acids is 1. The first-order chi connectivity index (χ1) is 7.29. The van der Waals surface area contributed by atoms with E-state index in [4.69, 9.17) is 5.73 Å². The van der Waals surface area contributed by atoms with Crippen molar-refractivity contribution in [2.75, 3.05) is 6.67 Å². The maximum Gasteiger partial charge on any atom is 0.250 e. The number of amides is 1. The molecule has 15 heavy (non-hydrogen) atoms. The molecule has 2 rings (SSSR count). The molecule has 0 radical (unpaired) electrons. The van der Waals surface area contributed by atoms with E-state index in [0.29, 0.717) is 13.2 Å². The van der Waals surface area contributed by atoms with Gasteiger partial charge in [0.2, 0.25) is 0 Å². The molecule has 4 nitrogen and oxygen atoms in total. The molecule has 5 heteroatoms. The van der Waals surface area contributed by atoms with E-state index < -0.39 is 0 Å². The van der Waals surface area contributed by atoms with Crippen molar-refractivity contribution in [1.82, 2.24) is 10.6 Å². The molecule has 0 saturated carbocycles. The number of nitrogens with one attached hydrogen (secondary N) is 2. The fourth-order valence-corrected chi connectivity index (χ4v) is 1.96. The second-order valence-corrected chi connectivity index (χ2v) is 4.13. The lowest BCUT2D eigenvalue weighted by Crippen LogP contribution is -2.26. The van der Waals surface area contributed by atoms with Crippen LogP contribution in [0, 0.1) is 11.8 Å². The predicted molar refractivity (Wildman–Crippen MR) is 59.0 cm³/mol. The average Bonchev–Trinajstić information content (AvgIpc) is 2.84. The maximum absolute atomic E-state index is 11.2. The van der Waals surface area contributed by atoms with Crippen LogP contribution < -0.4 is 16.4 Å². The van der Waals surface area contributed by atoms with Gasteiger partial charge in [-0.2, -0.15) is 0 Å². The Balaban J connectivity index is 2.07. The Labute approximate surface area is 91.9 Å². The highest BCUT2D eigenvalue weighted by Crippen LogP contribution is 2.12. The number of carbonyl (C=O) groups is 1. The van der Waals surface area contributed by atoms with Gasteiger partial charge in [-0.25, -0.2) is 0 Å². The standard InChI is InChI=1S/C10H11N3OS/c11-4-8-3-7(5-15-8)1-2-9-10(14)13-6-12-9/h3,5,9,12H,4,6,11H2,(H,13,14). The summed E-state index contributed by atoms with van der Waals surface area (Å²) in [5.41, 5.74) is 6.41. The average molecular weight is 221 g/mol. The van der Waals surface area contributed by atoms with Crippen molar-refractivity contribution in [3.63, 3.8) is 0 Å². The summed E-state index contributed by atoms with van der Waals surface area (Å²) in [7, 11) is 0. The molecule has 1 aliphatic heterocycles. The van der Waals surface area contributed by atoms with Crippen molar-refractivity contribution in [2.45, 2.75) is 12.6 Å². The van der Waals surface area contributed by atoms with Crippen LogP contribution in [0.2, 0.25) is 0 Å². The first kappa shape index (κ1) is 10.2. The summed E-state index contributed by atoms with van der Waals surface area (Å²) in [4.78, 5) is 12.3. The van der Waals surface area contributed by atoms with Crippen molar-refractivity contribution in [3.05, 3.63) is 21.9 Å². The third kappa shape index (κ3) is 2.36. The van der Waals surface area contributed by atoms with Gasteiger partial charge in [-0.1, -0.05) is 11.8 Å². The maximum atomic E-state index is 11.2. The van der Waals surface area contributed by atoms with Crippen LogP contribution in [-0.2, 0) is 11.3 Å². The molecule has 1 aromatic rings. The van der Waals surface area contributed by atoms with Gasteiger partial charge in [0, 0.05) is 22.4 Å². The lowest BCUT2D eigenvalue weighted by Gasteiger charge is -1.93. The van der Waals surface area contributed by atoms with E-state index in [0.717, 1.165) is 10.4 Å². The summed E-state index contributed by atoms with van der Waals surface area (Å²) in [5, 5.41) is 7.54. The zero-order valence-electron chi connectivity index (χ0n) is 8.04. The second-order valence-electron chi connectivity index (χ2n) is 3.13. The summed E-state index contributed by atoms with van der Waals surface area (Å²) < 4.78 is 0. The van der Waals surface area contributed by atoms with Gasteiger partial charge in [0.25, 0.3) is 5.91 Å². The highest BCUT2D eigenvalue weighted by molar-refractivity contribution is 7.10. The molecule has 1 aromatic heterocycles. The molecule has 78 valence electrons. The van der Waals surface area contributed by atoms with Crippen LogP contribution in [0.1, 0.15) is 10.4 Å². The number of rotatable bonds is 1. The van der Waals surface area contributed by atoms with Crippen LogP contribution >= 0.6 is 11.3 Å². The molecule has 1 aliphatic rings. The monoisotopic (exact) mass is 221 g/mol. The molecule has 0 bridgehead atoms. The van der Waals surface area contributed by atoms with Gasteiger partial charge in [-0.05, 0) is 6.07 Å².